The van der Waals surface area contributed by atoms with Crippen LogP contribution in [0.1, 0.15) is 6.92 Å². The molecule has 68 valence electrons. The van der Waals surface area contributed by atoms with Crippen LogP contribution in [0.2, 0.25) is 0 Å². The van der Waals surface area contributed by atoms with Gasteiger partial charge in [0.25, 0.3) is 5.91 Å². The van der Waals surface area contributed by atoms with Crippen molar-refractivity contribution in [2.45, 2.75) is 13.2 Å². The van der Waals surface area contributed by atoms with Crippen molar-refractivity contribution in [3.63, 3.8) is 0 Å². The van der Waals surface area contributed by atoms with E-state index in [-0.39, 0.29) is 11.8 Å². The Morgan fingerprint density at radius 2 is 2.25 bits per heavy atom. The number of rotatable bonds is 1. The second kappa shape index (κ2) is 3.53. The van der Waals surface area contributed by atoms with Crippen LogP contribution >= 0.6 is 0 Å². The summed E-state index contributed by atoms with van der Waals surface area (Å²) >= 11 is 0. The number of nitrogens with zero attached hydrogens (tertiary/aromatic N) is 1. The van der Waals surface area contributed by atoms with E-state index < -0.39 is 6.23 Å². The summed E-state index contributed by atoms with van der Waals surface area (Å²) < 4.78 is 5.07. The molecule has 0 unspecified atom stereocenters. The highest BCUT2D eigenvalue weighted by Gasteiger charge is 2.32. The summed E-state index contributed by atoms with van der Waals surface area (Å²) in [6, 6.07) is 0. The Hall–Kier alpha value is -1.10. The highest BCUT2D eigenvalue weighted by Crippen LogP contribution is 2.09. The van der Waals surface area contributed by atoms with Crippen LogP contribution in [-0.4, -0.2) is 43.1 Å². The van der Waals surface area contributed by atoms with Gasteiger partial charge in [-0.1, -0.05) is 0 Å². The van der Waals surface area contributed by atoms with E-state index in [1.54, 1.807) is 0 Å². The first-order valence-electron chi connectivity index (χ1n) is 3.77. The zero-order chi connectivity index (χ0) is 9.14. The third-order valence-electron chi connectivity index (χ3n) is 1.77. The standard InChI is InChI=1S/C7H12N2O3/c1-5(10)9-3-4-12-7(9)6(11)8-2/h7H,3-4H2,1-2H3,(H,8,11)/t7-/m0/s1. The van der Waals surface area contributed by atoms with Crippen molar-refractivity contribution in [2.24, 2.45) is 0 Å². The molecule has 0 saturated carbocycles. The van der Waals surface area contributed by atoms with Crippen molar-refractivity contribution in [2.75, 3.05) is 20.2 Å². The summed E-state index contributed by atoms with van der Waals surface area (Å²) in [6.45, 7) is 2.34. The summed E-state index contributed by atoms with van der Waals surface area (Å²) in [6.07, 6.45) is -0.729. The average Bonchev–Trinajstić information content (AvgIpc) is 2.50. The number of amides is 2. The molecule has 0 bridgehead atoms. The van der Waals surface area contributed by atoms with Gasteiger partial charge in [-0.2, -0.15) is 0 Å². The van der Waals surface area contributed by atoms with E-state index in [0.29, 0.717) is 13.2 Å². The van der Waals surface area contributed by atoms with E-state index >= 15 is 0 Å². The lowest BCUT2D eigenvalue weighted by atomic mass is 10.4. The van der Waals surface area contributed by atoms with Gasteiger partial charge < -0.3 is 15.0 Å². The van der Waals surface area contributed by atoms with Crippen molar-refractivity contribution in [1.29, 1.82) is 0 Å². The lowest BCUT2D eigenvalue weighted by Gasteiger charge is -2.19. The smallest absolute Gasteiger partial charge is 0.270 e. The summed E-state index contributed by atoms with van der Waals surface area (Å²) in [5.74, 6) is -0.413. The van der Waals surface area contributed by atoms with E-state index in [1.165, 1.54) is 18.9 Å². The summed E-state index contributed by atoms with van der Waals surface area (Å²) in [5.41, 5.74) is 0. The van der Waals surface area contributed by atoms with Crippen molar-refractivity contribution >= 4 is 11.8 Å². The zero-order valence-corrected chi connectivity index (χ0v) is 7.16. The maximum Gasteiger partial charge on any atom is 0.270 e. The number of hydrogen-bond donors (Lipinski definition) is 1. The molecule has 0 aromatic heterocycles. The topological polar surface area (TPSA) is 58.6 Å². The van der Waals surface area contributed by atoms with E-state index in [4.69, 9.17) is 4.74 Å². The van der Waals surface area contributed by atoms with Gasteiger partial charge in [0.05, 0.1) is 6.61 Å². The quantitative estimate of drug-likeness (QED) is 0.548. The molecule has 2 amide bonds. The van der Waals surface area contributed by atoms with E-state index in [0.717, 1.165) is 0 Å². The monoisotopic (exact) mass is 172 g/mol. The van der Waals surface area contributed by atoms with Crippen LogP contribution in [0.3, 0.4) is 0 Å². The highest BCUT2D eigenvalue weighted by molar-refractivity contribution is 5.85. The summed E-state index contributed by atoms with van der Waals surface area (Å²) in [5, 5.41) is 2.43. The van der Waals surface area contributed by atoms with Crippen molar-refractivity contribution < 1.29 is 14.3 Å². The SMILES string of the molecule is CNC(=O)[C@@H]1OCCN1C(C)=O. The van der Waals surface area contributed by atoms with Crippen LogP contribution in [0, 0.1) is 0 Å². The summed E-state index contributed by atoms with van der Waals surface area (Å²) in [4.78, 5) is 23.4. The Morgan fingerprint density at radius 1 is 1.58 bits per heavy atom. The van der Waals surface area contributed by atoms with E-state index in [9.17, 15) is 9.59 Å². The first-order chi connectivity index (χ1) is 5.66. The van der Waals surface area contributed by atoms with Crippen molar-refractivity contribution in [1.82, 2.24) is 10.2 Å². The fourth-order valence-corrected chi connectivity index (χ4v) is 1.13. The van der Waals surface area contributed by atoms with Crippen LogP contribution in [0.5, 0.6) is 0 Å². The third kappa shape index (κ3) is 1.55. The molecular weight excluding hydrogens is 160 g/mol. The largest absolute Gasteiger partial charge is 0.355 e. The number of ether oxygens (including phenoxy) is 1. The van der Waals surface area contributed by atoms with Gasteiger partial charge in [0.15, 0.2) is 0 Å². The molecule has 5 heteroatoms. The van der Waals surface area contributed by atoms with Crippen LogP contribution in [0.25, 0.3) is 0 Å². The van der Waals surface area contributed by atoms with Crippen LogP contribution in [-0.2, 0) is 14.3 Å². The van der Waals surface area contributed by atoms with Crippen LogP contribution < -0.4 is 5.32 Å². The second-order valence-corrected chi connectivity index (χ2v) is 2.55. The van der Waals surface area contributed by atoms with Crippen LogP contribution in [0.4, 0.5) is 0 Å². The molecule has 0 aliphatic carbocycles. The maximum atomic E-state index is 11.1. The fraction of sp³-hybridized carbons (Fsp3) is 0.714. The van der Waals surface area contributed by atoms with Crippen molar-refractivity contribution in [3.05, 3.63) is 0 Å². The molecule has 1 rings (SSSR count). The van der Waals surface area contributed by atoms with Gasteiger partial charge in [0.2, 0.25) is 12.1 Å². The van der Waals surface area contributed by atoms with Crippen molar-refractivity contribution in [3.8, 4) is 0 Å². The van der Waals surface area contributed by atoms with Gasteiger partial charge in [-0.15, -0.1) is 0 Å². The lowest BCUT2D eigenvalue weighted by molar-refractivity contribution is -0.146. The molecule has 0 radical (unpaired) electrons. The van der Waals surface area contributed by atoms with Gasteiger partial charge >= 0.3 is 0 Å². The molecule has 12 heavy (non-hydrogen) atoms. The first kappa shape index (κ1) is 8.99. The third-order valence-corrected chi connectivity index (χ3v) is 1.77. The Morgan fingerprint density at radius 3 is 2.75 bits per heavy atom. The van der Waals surface area contributed by atoms with E-state index in [1.807, 2.05) is 0 Å². The normalized spacial score (nSPS) is 22.5. The maximum absolute atomic E-state index is 11.1. The minimum Gasteiger partial charge on any atom is -0.355 e. The van der Waals surface area contributed by atoms with Gasteiger partial charge in [0.1, 0.15) is 0 Å². The highest BCUT2D eigenvalue weighted by atomic mass is 16.5. The Balaban J connectivity index is 2.63. The molecule has 1 N–H and O–H groups in total. The van der Waals surface area contributed by atoms with Gasteiger partial charge in [-0.05, 0) is 0 Å². The molecule has 1 fully saturated rings. The molecule has 1 heterocycles. The average molecular weight is 172 g/mol. The number of likely N-dealkylation sites (N-methyl/N-ethyl adjacent to an activating group) is 1. The minimum atomic E-state index is -0.729. The minimum absolute atomic E-state index is 0.138. The van der Waals surface area contributed by atoms with E-state index in [2.05, 4.69) is 5.32 Å². The molecule has 1 atom stereocenters. The molecule has 5 nitrogen and oxygen atoms in total. The molecule has 1 aliphatic heterocycles. The van der Waals surface area contributed by atoms with Gasteiger partial charge in [-0.25, -0.2) is 0 Å². The molecule has 1 saturated heterocycles. The predicted molar refractivity (Wildman–Crippen MR) is 41.2 cm³/mol. The molecular formula is C7H12N2O3. The lowest BCUT2D eigenvalue weighted by Crippen LogP contribution is -2.44. The number of carbonyl (C=O) groups excluding carboxylic acids is 2. The number of carbonyl (C=O) groups is 2. The molecule has 0 aromatic carbocycles. The fourth-order valence-electron chi connectivity index (χ4n) is 1.13. The number of hydrogen-bond acceptors (Lipinski definition) is 3. The molecule has 1 aliphatic rings. The molecule has 0 aromatic rings. The Bertz CT molecular complexity index is 205. The van der Waals surface area contributed by atoms with Crippen LogP contribution in [0.15, 0.2) is 0 Å². The number of nitrogens with one attached hydrogen (secondary N) is 1. The molecule has 0 spiro atoms. The van der Waals surface area contributed by atoms with Gasteiger partial charge in [0, 0.05) is 20.5 Å². The zero-order valence-electron chi connectivity index (χ0n) is 7.16. The second-order valence-electron chi connectivity index (χ2n) is 2.55. The predicted octanol–water partition coefficient (Wildman–Crippen LogP) is -1.06. The van der Waals surface area contributed by atoms with Gasteiger partial charge in [-0.3, -0.25) is 9.59 Å². The first-order valence-corrected chi connectivity index (χ1v) is 3.77. The summed E-state index contributed by atoms with van der Waals surface area (Å²) in [7, 11) is 1.52. The Labute approximate surface area is 70.7 Å². The Kier molecular flexibility index (Phi) is 2.65.